The number of pyridine rings is 2. The molecule has 0 fully saturated rings. The highest BCUT2D eigenvalue weighted by Gasteiger charge is 2.11. The summed E-state index contributed by atoms with van der Waals surface area (Å²) in [5.74, 6) is 1.51. The maximum absolute atomic E-state index is 4.82. The van der Waals surface area contributed by atoms with Crippen LogP contribution in [0.4, 0.5) is 0 Å². The van der Waals surface area contributed by atoms with Crippen molar-refractivity contribution in [2.45, 2.75) is 59.3 Å². The van der Waals surface area contributed by atoms with E-state index in [1.165, 1.54) is 27.9 Å². The fourth-order valence-electron chi connectivity index (χ4n) is 3.57. The van der Waals surface area contributed by atoms with Crippen molar-refractivity contribution in [3.05, 3.63) is 71.2 Å². The first kappa shape index (κ1) is 18.6. The number of para-hydroxylation sites is 1. The average Bonchev–Trinajstić information content (AvgIpc) is 2.61. The zero-order valence-electron chi connectivity index (χ0n) is 16.7. The summed E-state index contributed by atoms with van der Waals surface area (Å²) in [6, 6.07) is 15.2. The maximum atomic E-state index is 4.82. The monoisotopic (exact) mass is 346 g/mol. The van der Waals surface area contributed by atoms with Crippen molar-refractivity contribution < 1.29 is 0 Å². The highest BCUT2D eigenvalue weighted by Crippen LogP contribution is 2.25. The van der Waals surface area contributed by atoms with Crippen LogP contribution in [0.2, 0.25) is 0 Å². The average molecular weight is 347 g/mol. The van der Waals surface area contributed by atoms with Gasteiger partial charge in [-0.05, 0) is 59.9 Å². The van der Waals surface area contributed by atoms with E-state index in [2.05, 4.69) is 83.3 Å². The lowest BCUT2D eigenvalue weighted by Gasteiger charge is -2.14. The Balaban J connectivity index is 1.75. The lowest BCUT2D eigenvalue weighted by atomic mass is 9.94. The Labute approximate surface area is 157 Å². The lowest BCUT2D eigenvalue weighted by molar-refractivity contribution is 0.566. The van der Waals surface area contributed by atoms with Crippen LogP contribution in [-0.2, 0) is 12.8 Å². The molecule has 2 aromatic heterocycles. The van der Waals surface area contributed by atoms with Crippen molar-refractivity contribution in [1.29, 1.82) is 0 Å². The number of aromatic nitrogens is 2. The van der Waals surface area contributed by atoms with Crippen molar-refractivity contribution in [3.8, 4) is 0 Å². The van der Waals surface area contributed by atoms with Gasteiger partial charge in [0.25, 0.3) is 0 Å². The first-order valence-corrected chi connectivity index (χ1v) is 9.77. The minimum atomic E-state index is 0.477. The number of rotatable bonds is 6. The van der Waals surface area contributed by atoms with Gasteiger partial charge in [-0.3, -0.25) is 9.97 Å². The molecule has 0 spiro atoms. The van der Waals surface area contributed by atoms with Crippen LogP contribution in [0.5, 0.6) is 0 Å². The highest BCUT2D eigenvalue weighted by atomic mass is 14.7. The Kier molecular flexibility index (Phi) is 5.70. The molecule has 3 aromatic rings. The van der Waals surface area contributed by atoms with E-state index >= 15 is 0 Å². The van der Waals surface area contributed by atoms with Gasteiger partial charge in [0.05, 0.1) is 5.52 Å². The van der Waals surface area contributed by atoms with Gasteiger partial charge in [-0.1, -0.05) is 58.9 Å². The second-order valence-electron chi connectivity index (χ2n) is 8.14. The Morgan fingerprint density at radius 2 is 1.62 bits per heavy atom. The van der Waals surface area contributed by atoms with Crippen molar-refractivity contribution in [1.82, 2.24) is 9.97 Å². The maximum Gasteiger partial charge on any atom is 0.0736 e. The molecular weight excluding hydrogens is 316 g/mol. The van der Waals surface area contributed by atoms with Gasteiger partial charge in [-0.2, -0.15) is 0 Å². The normalized spacial score (nSPS) is 12.9. The number of hydrogen-bond donors (Lipinski definition) is 0. The first-order valence-electron chi connectivity index (χ1n) is 9.77. The predicted molar refractivity (Wildman–Crippen MR) is 111 cm³/mol. The van der Waals surface area contributed by atoms with Crippen molar-refractivity contribution in [2.24, 2.45) is 5.92 Å². The molecule has 0 saturated heterocycles. The topological polar surface area (TPSA) is 25.8 Å². The molecule has 2 heteroatoms. The second kappa shape index (κ2) is 7.99. The number of hydrogen-bond acceptors (Lipinski definition) is 2. The van der Waals surface area contributed by atoms with Crippen molar-refractivity contribution >= 4 is 10.9 Å². The molecule has 0 amide bonds. The number of nitrogens with zero attached hydrogens (tertiary/aromatic N) is 2. The van der Waals surface area contributed by atoms with E-state index in [4.69, 9.17) is 9.97 Å². The molecule has 2 nitrogen and oxygen atoms in total. The highest BCUT2D eigenvalue weighted by molar-refractivity contribution is 5.82. The Hall–Kier alpha value is -2.22. The summed E-state index contributed by atoms with van der Waals surface area (Å²) in [4.78, 5) is 9.60. The number of benzene rings is 1. The summed E-state index contributed by atoms with van der Waals surface area (Å²) in [6.45, 7) is 11.2. The van der Waals surface area contributed by atoms with Crippen LogP contribution >= 0.6 is 0 Å². The molecule has 1 unspecified atom stereocenters. The fourth-order valence-corrected chi connectivity index (χ4v) is 3.57. The molecule has 1 atom stereocenters. The molecule has 2 heterocycles. The molecule has 0 aliphatic rings. The molecule has 136 valence electrons. The van der Waals surface area contributed by atoms with Crippen LogP contribution < -0.4 is 0 Å². The largest absolute Gasteiger partial charge is 0.258 e. The lowest BCUT2D eigenvalue weighted by Crippen LogP contribution is -2.07. The van der Waals surface area contributed by atoms with Gasteiger partial charge in [0.2, 0.25) is 0 Å². The number of fused-ring (bicyclic) bond motifs is 1. The van der Waals surface area contributed by atoms with Crippen LogP contribution in [-0.4, -0.2) is 9.97 Å². The Morgan fingerprint density at radius 3 is 2.35 bits per heavy atom. The minimum Gasteiger partial charge on any atom is -0.258 e. The summed E-state index contributed by atoms with van der Waals surface area (Å²) in [6.07, 6.45) is 4.09. The van der Waals surface area contributed by atoms with E-state index in [-0.39, 0.29) is 0 Å². The van der Waals surface area contributed by atoms with Gasteiger partial charge < -0.3 is 0 Å². The van der Waals surface area contributed by atoms with Crippen molar-refractivity contribution in [2.75, 3.05) is 0 Å². The van der Waals surface area contributed by atoms with E-state index in [9.17, 15) is 0 Å². The molecule has 26 heavy (non-hydrogen) atoms. The Morgan fingerprint density at radius 1 is 0.846 bits per heavy atom. The summed E-state index contributed by atoms with van der Waals surface area (Å²) < 4.78 is 0. The van der Waals surface area contributed by atoms with E-state index in [1.54, 1.807) is 0 Å². The second-order valence-corrected chi connectivity index (χ2v) is 8.14. The van der Waals surface area contributed by atoms with E-state index in [0.29, 0.717) is 17.8 Å². The van der Waals surface area contributed by atoms with Crippen LogP contribution in [0.1, 0.15) is 69.0 Å². The summed E-state index contributed by atoms with van der Waals surface area (Å²) in [7, 11) is 0. The van der Waals surface area contributed by atoms with E-state index in [0.717, 1.165) is 18.4 Å². The zero-order chi connectivity index (χ0) is 18.7. The third-order valence-corrected chi connectivity index (χ3v) is 4.98. The summed E-state index contributed by atoms with van der Waals surface area (Å²) in [5.41, 5.74) is 6.16. The van der Waals surface area contributed by atoms with Gasteiger partial charge in [0.15, 0.2) is 0 Å². The molecule has 0 aliphatic heterocycles. The van der Waals surface area contributed by atoms with E-state index in [1.807, 2.05) is 0 Å². The molecule has 0 bridgehead atoms. The standard InChI is InChI=1S/C24H30N2/c1-16(2)22-10-6-8-20-14-19(15-25-24(20)22)12-18(5)13-21-9-7-11-23(26-21)17(3)4/h6-11,14-18H,12-13H2,1-5H3. The van der Waals surface area contributed by atoms with E-state index < -0.39 is 0 Å². The van der Waals surface area contributed by atoms with Crippen LogP contribution in [0.25, 0.3) is 10.9 Å². The van der Waals surface area contributed by atoms with Gasteiger partial charge in [-0.25, -0.2) is 0 Å². The molecule has 0 radical (unpaired) electrons. The fraction of sp³-hybridized carbons (Fsp3) is 0.417. The van der Waals surface area contributed by atoms with Crippen LogP contribution in [0.3, 0.4) is 0 Å². The Bertz CT molecular complexity index is 880. The predicted octanol–water partition coefficient (Wildman–Crippen LogP) is 6.30. The quantitative estimate of drug-likeness (QED) is 0.523. The molecule has 1 aromatic carbocycles. The summed E-state index contributed by atoms with van der Waals surface area (Å²) >= 11 is 0. The first-order chi connectivity index (χ1) is 12.4. The molecular formula is C24H30N2. The van der Waals surface area contributed by atoms with Gasteiger partial charge in [-0.15, -0.1) is 0 Å². The zero-order valence-corrected chi connectivity index (χ0v) is 16.7. The molecule has 3 rings (SSSR count). The third kappa shape index (κ3) is 4.30. The smallest absolute Gasteiger partial charge is 0.0736 e. The molecule has 0 aliphatic carbocycles. The minimum absolute atomic E-state index is 0.477. The SMILES string of the molecule is CC(Cc1cnc2c(C(C)C)cccc2c1)Cc1cccc(C(C)C)n1. The van der Waals surface area contributed by atoms with Crippen LogP contribution in [0, 0.1) is 5.92 Å². The van der Waals surface area contributed by atoms with Crippen molar-refractivity contribution in [3.63, 3.8) is 0 Å². The van der Waals surface area contributed by atoms with Crippen LogP contribution in [0.15, 0.2) is 48.7 Å². The van der Waals surface area contributed by atoms with Gasteiger partial charge >= 0.3 is 0 Å². The van der Waals surface area contributed by atoms with Gasteiger partial charge in [0, 0.05) is 23.0 Å². The summed E-state index contributed by atoms with van der Waals surface area (Å²) in [5, 5.41) is 1.25. The molecule has 0 N–H and O–H groups in total. The third-order valence-electron chi connectivity index (χ3n) is 4.98. The van der Waals surface area contributed by atoms with Gasteiger partial charge in [0.1, 0.15) is 0 Å². The molecule has 0 saturated carbocycles.